The average Bonchev–Trinajstić information content (AvgIpc) is 3.16. The second-order valence-electron chi connectivity index (χ2n) is 4.50. The van der Waals surface area contributed by atoms with Crippen LogP contribution in [-0.2, 0) is 9.53 Å². The molecule has 0 N–H and O–H groups in total. The number of methoxy groups -OCH3 is 1. The SMILES string of the molecule is COC(=O)CC1(CSc2cccnc2C#N)CC1. The summed E-state index contributed by atoms with van der Waals surface area (Å²) in [5, 5.41) is 8.95. The van der Waals surface area contributed by atoms with E-state index in [0.29, 0.717) is 12.1 Å². The number of rotatable bonds is 5. The van der Waals surface area contributed by atoms with E-state index in [-0.39, 0.29) is 11.4 Å². The molecule has 0 aromatic carbocycles. The molecule has 18 heavy (non-hydrogen) atoms. The quantitative estimate of drug-likeness (QED) is 0.602. The van der Waals surface area contributed by atoms with Crippen molar-refractivity contribution < 1.29 is 9.53 Å². The summed E-state index contributed by atoms with van der Waals surface area (Å²) in [4.78, 5) is 16.2. The summed E-state index contributed by atoms with van der Waals surface area (Å²) in [6, 6.07) is 5.80. The van der Waals surface area contributed by atoms with Crippen molar-refractivity contribution in [3.05, 3.63) is 24.0 Å². The molecular formula is C13H14N2O2S. The fourth-order valence-corrected chi connectivity index (χ4v) is 3.01. The molecular weight excluding hydrogens is 248 g/mol. The number of carbonyl (C=O) groups excluding carboxylic acids is 1. The number of esters is 1. The van der Waals surface area contributed by atoms with E-state index in [1.165, 1.54) is 7.11 Å². The van der Waals surface area contributed by atoms with Gasteiger partial charge in [-0.25, -0.2) is 4.98 Å². The molecule has 1 aromatic rings. The average molecular weight is 262 g/mol. The molecule has 1 saturated carbocycles. The Morgan fingerprint density at radius 2 is 2.44 bits per heavy atom. The van der Waals surface area contributed by atoms with Crippen molar-refractivity contribution in [3.8, 4) is 6.07 Å². The van der Waals surface area contributed by atoms with E-state index in [2.05, 4.69) is 11.1 Å². The molecule has 4 nitrogen and oxygen atoms in total. The summed E-state index contributed by atoms with van der Waals surface area (Å²) < 4.78 is 4.71. The second kappa shape index (κ2) is 5.40. The molecule has 1 aliphatic rings. The van der Waals surface area contributed by atoms with Gasteiger partial charge in [-0.3, -0.25) is 4.79 Å². The van der Waals surface area contributed by atoms with Gasteiger partial charge in [-0.1, -0.05) is 0 Å². The first kappa shape index (κ1) is 12.9. The van der Waals surface area contributed by atoms with E-state index in [9.17, 15) is 4.79 Å². The highest BCUT2D eigenvalue weighted by Gasteiger charge is 2.44. The molecule has 2 rings (SSSR count). The lowest BCUT2D eigenvalue weighted by atomic mass is 10.1. The van der Waals surface area contributed by atoms with E-state index < -0.39 is 0 Å². The smallest absolute Gasteiger partial charge is 0.306 e. The summed E-state index contributed by atoms with van der Waals surface area (Å²) in [7, 11) is 1.42. The minimum absolute atomic E-state index is 0.0698. The van der Waals surface area contributed by atoms with Crippen LogP contribution in [0, 0.1) is 16.7 Å². The van der Waals surface area contributed by atoms with E-state index in [4.69, 9.17) is 10.00 Å². The number of hydrogen-bond acceptors (Lipinski definition) is 5. The predicted octanol–water partition coefficient (Wildman–Crippen LogP) is 2.39. The molecule has 1 aromatic heterocycles. The lowest BCUT2D eigenvalue weighted by Crippen LogP contribution is -2.13. The minimum Gasteiger partial charge on any atom is -0.469 e. The highest BCUT2D eigenvalue weighted by Crippen LogP contribution is 2.52. The molecule has 0 amide bonds. The summed E-state index contributed by atoms with van der Waals surface area (Å²) >= 11 is 1.60. The van der Waals surface area contributed by atoms with Crippen LogP contribution in [0.2, 0.25) is 0 Å². The third-order valence-electron chi connectivity index (χ3n) is 3.11. The summed E-state index contributed by atoms with van der Waals surface area (Å²) in [5.74, 6) is 0.683. The molecule has 0 unspecified atom stereocenters. The number of thioether (sulfide) groups is 1. The predicted molar refractivity (Wildman–Crippen MR) is 68.0 cm³/mol. The molecule has 0 saturated heterocycles. The zero-order valence-electron chi connectivity index (χ0n) is 10.2. The lowest BCUT2D eigenvalue weighted by molar-refractivity contribution is -0.141. The van der Waals surface area contributed by atoms with Gasteiger partial charge in [0, 0.05) is 16.8 Å². The molecule has 0 bridgehead atoms. The first-order valence-corrected chi connectivity index (χ1v) is 6.72. The molecule has 0 atom stereocenters. The Balaban J connectivity index is 1.96. The van der Waals surface area contributed by atoms with Crippen molar-refractivity contribution in [2.45, 2.75) is 24.2 Å². The zero-order valence-corrected chi connectivity index (χ0v) is 11.0. The van der Waals surface area contributed by atoms with Gasteiger partial charge in [0.1, 0.15) is 6.07 Å². The first-order chi connectivity index (χ1) is 8.69. The van der Waals surface area contributed by atoms with E-state index in [1.807, 2.05) is 12.1 Å². The molecule has 0 spiro atoms. The minimum atomic E-state index is -0.153. The standard InChI is InChI=1S/C13H14N2O2S/c1-17-12(16)7-13(4-5-13)9-18-11-3-2-6-15-10(11)8-14/h2-3,6H,4-5,7,9H2,1H3. The molecule has 94 valence electrons. The Bertz CT molecular complexity index is 492. The number of ether oxygens (including phenoxy) is 1. The Morgan fingerprint density at radius 3 is 3.06 bits per heavy atom. The van der Waals surface area contributed by atoms with Crippen LogP contribution < -0.4 is 0 Å². The molecule has 0 aliphatic heterocycles. The van der Waals surface area contributed by atoms with Crippen molar-refractivity contribution in [2.75, 3.05) is 12.9 Å². The topological polar surface area (TPSA) is 63.0 Å². The molecule has 1 aliphatic carbocycles. The van der Waals surface area contributed by atoms with E-state index in [1.54, 1.807) is 18.0 Å². The van der Waals surface area contributed by atoms with Gasteiger partial charge in [0.15, 0.2) is 5.69 Å². The highest BCUT2D eigenvalue weighted by atomic mass is 32.2. The van der Waals surface area contributed by atoms with Crippen LogP contribution >= 0.6 is 11.8 Å². The number of carbonyl (C=O) groups is 1. The van der Waals surface area contributed by atoms with Crippen molar-refractivity contribution >= 4 is 17.7 Å². The highest BCUT2D eigenvalue weighted by molar-refractivity contribution is 7.99. The largest absolute Gasteiger partial charge is 0.469 e. The Kier molecular flexibility index (Phi) is 3.87. The van der Waals surface area contributed by atoms with Crippen LogP contribution in [0.4, 0.5) is 0 Å². The van der Waals surface area contributed by atoms with Gasteiger partial charge in [0.05, 0.1) is 13.5 Å². The van der Waals surface area contributed by atoms with Gasteiger partial charge in [-0.2, -0.15) is 5.26 Å². The summed E-state index contributed by atoms with van der Waals surface area (Å²) in [6.45, 7) is 0. The second-order valence-corrected chi connectivity index (χ2v) is 5.52. The van der Waals surface area contributed by atoms with Crippen LogP contribution in [0.15, 0.2) is 23.2 Å². The van der Waals surface area contributed by atoms with E-state index >= 15 is 0 Å². The van der Waals surface area contributed by atoms with Crippen LogP contribution in [-0.4, -0.2) is 23.8 Å². The van der Waals surface area contributed by atoms with Gasteiger partial charge in [-0.05, 0) is 30.4 Å². The Hall–Kier alpha value is -1.54. The van der Waals surface area contributed by atoms with Gasteiger partial charge >= 0.3 is 5.97 Å². The molecule has 1 fully saturated rings. The lowest BCUT2D eigenvalue weighted by Gasteiger charge is -2.13. The fourth-order valence-electron chi connectivity index (χ4n) is 1.75. The third kappa shape index (κ3) is 3.02. The number of nitriles is 1. The molecule has 1 heterocycles. The fraction of sp³-hybridized carbons (Fsp3) is 0.462. The Morgan fingerprint density at radius 1 is 1.67 bits per heavy atom. The van der Waals surface area contributed by atoms with Crippen LogP contribution in [0.25, 0.3) is 0 Å². The van der Waals surface area contributed by atoms with Crippen LogP contribution in [0.5, 0.6) is 0 Å². The Labute approximate surface area is 110 Å². The molecule has 0 radical (unpaired) electrons. The maximum atomic E-state index is 11.3. The monoisotopic (exact) mass is 262 g/mol. The van der Waals surface area contributed by atoms with Crippen molar-refractivity contribution in [2.24, 2.45) is 5.41 Å². The van der Waals surface area contributed by atoms with Gasteiger partial charge in [0.25, 0.3) is 0 Å². The number of nitrogens with zero attached hydrogens (tertiary/aromatic N) is 2. The molecule has 5 heteroatoms. The summed E-state index contributed by atoms with van der Waals surface area (Å²) in [5.41, 5.74) is 0.525. The van der Waals surface area contributed by atoms with Crippen molar-refractivity contribution in [3.63, 3.8) is 0 Å². The number of pyridine rings is 1. The van der Waals surface area contributed by atoms with Crippen molar-refractivity contribution in [1.29, 1.82) is 5.26 Å². The maximum Gasteiger partial charge on any atom is 0.306 e. The maximum absolute atomic E-state index is 11.3. The van der Waals surface area contributed by atoms with Gasteiger partial charge < -0.3 is 4.74 Å². The van der Waals surface area contributed by atoms with Crippen LogP contribution in [0.1, 0.15) is 25.0 Å². The van der Waals surface area contributed by atoms with Gasteiger partial charge in [-0.15, -0.1) is 11.8 Å². The van der Waals surface area contributed by atoms with Crippen molar-refractivity contribution in [1.82, 2.24) is 4.98 Å². The summed E-state index contributed by atoms with van der Waals surface area (Å²) in [6.07, 6.45) is 4.19. The first-order valence-electron chi connectivity index (χ1n) is 5.74. The van der Waals surface area contributed by atoms with Gasteiger partial charge in [0.2, 0.25) is 0 Å². The number of hydrogen-bond donors (Lipinski definition) is 0. The normalized spacial score (nSPS) is 15.8. The third-order valence-corrected chi connectivity index (χ3v) is 4.51. The van der Waals surface area contributed by atoms with Crippen LogP contribution in [0.3, 0.4) is 0 Å². The van der Waals surface area contributed by atoms with E-state index in [0.717, 1.165) is 23.5 Å². The number of aromatic nitrogens is 1. The zero-order chi connectivity index (χ0) is 13.0.